The number of aryl methyl sites for hydroxylation is 3. The van der Waals surface area contributed by atoms with Gasteiger partial charge in [-0.05, 0) is 49.8 Å². The van der Waals surface area contributed by atoms with Crippen molar-refractivity contribution in [2.24, 2.45) is 0 Å². The molecule has 1 radical (unpaired) electrons. The van der Waals surface area contributed by atoms with E-state index in [1.165, 1.54) is 49.7 Å². The molecule has 6 rings (SSSR count). The van der Waals surface area contributed by atoms with Crippen LogP contribution in [0.1, 0.15) is 27.8 Å². The molecule has 2 aromatic heterocycles. The summed E-state index contributed by atoms with van der Waals surface area (Å²) >= 11 is 0. The summed E-state index contributed by atoms with van der Waals surface area (Å²) in [4.78, 5) is 4.92. The monoisotopic (exact) mass is 618 g/mol. The SMILES string of the molecule is Cc1cc(C)c(-c2cnc3c4[c-]cc(Cc5ccccc5)cc4c4ccccc4n23)c(C)c1.[Ir]. The molecule has 0 atom stereocenters. The molecular weight excluding hydrogens is 593 g/mol. The Morgan fingerprint density at radius 2 is 1.50 bits per heavy atom. The predicted octanol–water partition coefficient (Wildman–Crippen LogP) is 7.62. The van der Waals surface area contributed by atoms with E-state index in [4.69, 9.17) is 4.98 Å². The van der Waals surface area contributed by atoms with Gasteiger partial charge >= 0.3 is 0 Å². The first-order valence-electron chi connectivity index (χ1n) is 11.4. The zero-order chi connectivity index (χ0) is 22.5. The number of imidazole rings is 1. The third kappa shape index (κ3) is 3.66. The number of fused-ring (bicyclic) bond motifs is 6. The van der Waals surface area contributed by atoms with Crippen LogP contribution >= 0.6 is 0 Å². The first-order chi connectivity index (χ1) is 16.1. The van der Waals surface area contributed by atoms with Crippen LogP contribution < -0.4 is 0 Å². The van der Waals surface area contributed by atoms with E-state index >= 15 is 0 Å². The van der Waals surface area contributed by atoms with E-state index in [1.807, 2.05) is 6.20 Å². The summed E-state index contributed by atoms with van der Waals surface area (Å²) in [5.41, 5.74) is 11.0. The largest absolute Gasteiger partial charge is 0.333 e. The Kier molecular flexibility index (Phi) is 5.85. The van der Waals surface area contributed by atoms with Crippen molar-refractivity contribution in [2.45, 2.75) is 27.2 Å². The zero-order valence-electron chi connectivity index (χ0n) is 19.5. The maximum absolute atomic E-state index is 4.92. The maximum atomic E-state index is 4.92. The number of hydrogen-bond acceptors (Lipinski definition) is 1. The standard InChI is InChI=1S/C31H25N2.Ir/c1-20-15-21(2)30(22(3)16-20)29-19-32-31-26-14-13-24(17-23-9-5-4-6-10-23)18-27(26)25-11-7-8-12-28(25)33(29)31;/h4-13,15-16,18-19H,17H2,1-3H3;/q-1;. The number of rotatable bonds is 3. The fourth-order valence-electron chi connectivity index (χ4n) is 5.30. The molecule has 0 aliphatic heterocycles. The molecule has 0 amide bonds. The average Bonchev–Trinajstić information content (AvgIpc) is 3.24. The fourth-order valence-corrected chi connectivity index (χ4v) is 5.30. The topological polar surface area (TPSA) is 17.3 Å². The predicted molar refractivity (Wildman–Crippen MR) is 138 cm³/mol. The maximum Gasteiger partial charge on any atom is 0.0639 e. The first-order valence-corrected chi connectivity index (χ1v) is 11.4. The van der Waals surface area contributed by atoms with Gasteiger partial charge in [-0.1, -0.05) is 77.2 Å². The Bertz CT molecular complexity index is 1640. The quantitative estimate of drug-likeness (QED) is 0.148. The molecule has 6 aromatic rings. The first kappa shape index (κ1) is 22.5. The molecule has 169 valence electrons. The number of hydrogen-bond donors (Lipinski definition) is 0. The van der Waals surface area contributed by atoms with Crippen molar-refractivity contribution in [1.82, 2.24) is 9.38 Å². The zero-order valence-corrected chi connectivity index (χ0v) is 21.9. The van der Waals surface area contributed by atoms with Crippen LogP contribution in [0.25, 0.3) is 38.6 Å². The second-order valence-electron chi connectivity index (χ2n) is 9.05. The molecular formula is C31H25IrN2-. The minimum absolute atomic E-state index is 0. The molecule has 0 bridgehead atoms. The molecule has 0 N–H and O–H groups in total. The van der Waals surface area contributed by atoms with Crippen molar-refractivity contribution < 1.29 is 20.1 Å². The summed E-state index contributed by atoms with van der Waals surface area (Å²) in [6.07, 6.45) is 2.92. The van der Waals surface area contributed by atoms with E-state index in [2.05, 4.69) is 110 Å². The third-order valence-corrected chi connectivity index (χ3v) is 6.61. The molecule has 0 saturated carbocycles. The van der Waals surface area contributed by atoms with Crippen LogP contribution in [0.5, 0.6) is 0 Å². The van der Waals surface area contributed by atoms with Gasteiger partial charge in [0.25, 0.3) is 0 Å². The van der Waals surface area contributed by atoms with Gasteiger partial charge in [0.2, 0.25) is 0 Å². The van der Waals surface area contributed by atoms with E-state index < -0.39 is 0 Å². The van der Waals surface area contributed by atoms with Crippen LogP contribution in [0.3, 0.4) is 0 Å². The van der Waals surface area contributed by atoms with Gasteiger partial charge in [-0.15, -0.1) is 29.1 Å². The number of benzene rings is 4. The summed E-state index contributed by atoms with van der Waals surface area (Å²) in [5.74, 6) is 0. The minimum atomic E-state index is 0. The Morgan fingerprint density at radius 1 is 0.794 bits per heavy atom. The number of aromatic nitrogens is 2. The van der Waals surface area contributed by atoms with Gasteiger partial charge in [0.15, 0.2) is 0 Å². The van der Waals surface area contributed by atoms with Crippen molar-refractivity contribution in [3.63, 3.8) is 0 Å². The van der Waals surface area contributed by atoms with Crippen molar-refractivity contribution >= 4 is 27.3 Å². The van der Waals surface area contributed by atoms with Crippen LogP contribution in [-0.2, 0) is 26.5 Å². The number of pyridine rings is 1. The van der Waals surface area contributed by atoms with Crippen molar-refractivity contribution in [1.29, 1.82) is 0 Å². The van der Waals surface area contributed by atoms with Gasteiger partial charge in [0.1, 0.15) is 0 Å². The molecule has 4 aromatic carbocycles. The smallest absolute Gasteiger partial charge is 0.0639 e. The van der Waals surface area contributed by atoms with E-state index in [1.54, 1.807) is 0 Å². The normalized spacial score (nSPS) is 11.3. The molecule has 2 heterocycles. The Balaban J connectivity index is 0.00000241. The van der Waals surface area contributed by atoms with Crippen molar-refractivity contribution in [3.05, 3.63) is 119 Å². The summed E-state index contributed by atoms with van der Waals surface area (Å²) in [6.45, 7) is 6.54. The molecule has 3 heteroatoms. The molecule has 2 nitrogen and oxygen atoms in total. The van der Waals surface area contributed by atoms with Crippen LogP contribution in [0.15, 0.2) is 85.1 Å². The van der Waals surface area contributed by atoms with Gasteiger partial charge < -0.3 is 4.40 Å². The second-order valence-corrected chi connectivity index (χ2v) is 9.05. The van der Waals surface area contributed by atoms with Gasteiger partial charge in [-0.25, -0.2) is 0 Å². The third-order valence-electron chi connectivity index (χ3n) is 6.61. The van der Waals surface area contributed by atoms with Gasteiger partial charge in [0.05, 0.1) is 11.3 Å². The molecule has 0 aliphatic rings. The van der Waals surface area contributed by atoms with Crippen molar-refractivity contribution in [3.8, 4) is 11.3 Å². The van der Waals surface area contributed by atoms with E-state index in [9.17, 15) is 0 Å². The second kappa shape index (κ2) is 8.83. The summed E-state index contributed by atoms with van der Waals surface area (Å²) in [6, 6.07) is 31.8. The average molecular weight is 618 g/mol. The molecule has 0 spiro atoms. The number of para-hydroxylation sites is 1. The molecule has 0 fully saturated rings. The van der Waals surface area contributed by atoms with Crippen LogP contribution in [0.4, 0.5) is 0 Å². The molecule has 0 saturated heterocycles. The van der Waals surface area contributed by atoms with Gasteiger partial charge in [-0.3, -0.25) is 4.98 Å². The summed E-state index contributed by atoms with van der Waals surface area (Å²) < 4.78 is 2.32. The van der Waals surface area contributed by atoms with Gasteiger partial charge in [-0.2, -0.15) is 0 Å². The van der Waals surface area contributed by atoms with E-state index in [0.717, 1.165) is 23.1 Å². The molecule has 0 unspecified atom stereocenters. The minimum Gasteiger partial charge on any atom is -0.333 e. The van der Waals surface area contributed by atoms with E-state index in [-0.39, 0.29) is 20.1 Å². The number of nitrogens with zero attached hydrogens (tertiary/aromatic N) is 2. The van der Waals surface area contributed by atoms with Gasteiger partial charge in [0, 0.05) is 37.4 Å². The molecule has 0 aliphatic carbocycles. The van der Waals surface area contributed by atoms with Crippen LogP contribution in [0.2, 0.25) is 0 Å². The Hall–Kier alpha value is -3.26. The van der Waals surface area contributed by atoms with Crippen molar-refractivity contribution in [2.75, 3.05) is 0 Å². The summed E-state index contributed by atoms with van der Waals surface area (Å²) in [5, 5.41) is 3.51. The Morgan fingerprint density at radius 3 is 2.26 bits per heavy atom. The molecule has 34 heavy (non-hydrogen) atoms. The van der Waals surface area contributed by atoms with Crippen LogP contribution in [-0.4, -0.2) is 9.38 Å². The Labute approximate surface area is 213 Å². The van der Waals surface area contributed by atoms with E-state index in [0.29, 0.717) is 0 Å². The van der Waals surface area contributed by atoms with Crippen LogP contribution in [0, 0.1) is 26.8 Å². The summed E-state index contributed by atoms with van der Waals surface area (Å²) in [7, 11) is 0. The fraction of sp³-hybridized carbons (Fsp3) is 0.129.